The molecule has 0 fully saturated rings. The summed E-state index contributed by atoms with van der Waals surface area (Å²) in [6.07, 6.45) is 0. The van der Waals surface area contributed by atoms with Crippen molar-refractivity contribution in [3.63, 3.8) is 0 Å². The smallest absolute Gasteiger partial charge is 0.137 e. The first-order chi connectivity index (χ1) is 8.15. The zero-order chi connectivity index (χ0) is 12.3. The van der Waals surface area contributed by atoms with Crippen LogP contribution in [-0.4, -0.2) is 5.11 Å². The quantitative estimate of drug-likeness (QED) is 0.931. The summed E-state index contributed by atoms with van der Waals surface area (Å²) in [7, 11) is 0. The van der Waals surface area contributed by atoms with Crippen molar-refractivity contribution < 1.29 is 14.2 Å². The highest BCUT2D eigenvalue weighted by molar-refractivity contribution is 9.10. The lowest BCUT2D eigenvalue weighted by molar-refractivity contribution is 0.303. The maximum Gasteiger partial charge on any atom is 0.137 e. The Balaban J connectivity index is 2.05. The third-order valence-corrected chi connectivity index (χ3v) is 2.85. The minimum absolute atomic E-state index is 0.143. The van der Waals surface area contributed by atoms with Crippen molar-refractivity contribution in [1.29, 1.82) is 0 Å². The number of halogens is 2. The molecule has 0 aliphatic carbocycles. The molecule has 1 N–H and O–H groups in total. The van der Waals surface area contributed by atoms with Crippen molar-refractivity contribution in [2.24, 2.45) is 0 Å². The molecule has 0 heterocycles. The van der Waals surface area contributed by atoms with Gasteiger partial charge in [0.15, 0.2) is 0 Å². The van der Waals surface area contributed by atoms with E-state index in [0.717, 1.165) is 5.56 Å². The van der Waals surface area contributed by atoms with Crippen LogP contribution in [0.3, 0.4) is 0 Å². The first-order valence-corrected chi connectivity index (χ1v) is 5.80. The summed E-state index contributed by atoms with van der Waals surface area (Å²) in [5, 5.41) is 9.24. The van der Waals surface area contributed by atoms with Crippen LogP contribution >= 0.6 is 15.9 Å². The third kappa shape index (κ3) is 3.20. The molecule has 2 aromatic rings. The number of aromatic hydroxyl groups is 1. The van der Waals surface area contributed by atoms with Crippen LogP contribution < -0.4 is 4.74 Å². The highest BCUT2D eigenvalue weighted by Gasteiger charge is 2.02. The molecule has 2 nitrogen and oxygen atoms in total. The number of hydrogen-bond donors (Lipinski definition) is 1. The van der Waals surface area contributed by atoms with Crippen LogP contribution in [0.15, 0.2) is 46.9 Å². The van der Waals surface area contributed by atoms with Crippen molar-refractivity contribution in [2.45, 2.75) is 6.61 Å². The van der Waals surface area contributed by atoms with Crippen LogP contribution in [0.25, 0.3) is 0 Å². The molecule has 0 saturated heterocycles. The molecule has 0 amide bonds. The standard InChI is InChI=1S/C13H10BrFO2/c14-12-5-4-9(6-13(12)15)8-17-11-3-1-2-10(16)7-11/h1-7,16H,8H2. The highest BCUT2D eigenvalue weighted by Crippen LogP contribution is 2.20. The van der Waals surface area contributed by atoms with E-state index in [9.17, 15) is 9.50 Å². The summed E-state index contributed by atoms with van der Waals surface area (Å²) in [4.78, 5) is 0. The number of ether oxygens (including phenoxy) is 1. The van der Waals surface area contributed by atoms with E-state index in [-0.39, 0.29) is 18.2 Å². The Kier molecular flexibility index (Phi) is 3.64. The molecule has 0 aromatic heterocycles. The molecular weight excluding hydrogens is 287 g/mol. The van der Waals surface area contributed by atoms with Gasteiger partial charge >= 0.3 is 0 Å². The summed E-state index contributed by atoms with van der Waals surface area (Å²) in [5.41, 5.74) is 0.731. The maximum absolute atomic E-state index is 13.2. The van der Waals surface area contributed by atoms with E-state index in [1.807, 2.05) is 0 Å². The number of phenols is 1. The molecule has 2 rings (SSSR count). The van der Waals surface area contributed by atoms with Crippen LogP contribution in [0.2, 0.25) is 0 Å². The van der Waals surface area contributed by atoms with Gasteiger partial charge in [0, 0.05) is 6.07 Å². The van der Waals surface area contributed by atoms with E-state index in [2.05, 4.69) is 15.9 Å². The normalized spacial score (nSPS) is 10.2. The molecule has 0 aliphatic heterocycles. The second-order valence-electron chi connectivity index (χ2n) is 3.53. The van der Waals surface area contributed by atoms with Crippen LogP contribution in [0.4, 0.5) is 4.39 Å². The summed E-state index contributed by atoms with van der Waals surface area (Å²) in [6.45, 7) is 0.258. The Hall–Kier alpha value is -1.55. The molecule has 17 heavy (non-hydrogen) atoms. The molecule has 0 aliphatic rings. The van der Waals surface area contributed by atoms with Gasteiger partial charge in [0.05, 0.1) is 4.47 Å². The SMILES string of the molecule is Oc1cccc(OCc2ccc(Br)c(F)c2)c1. The van der Waals surface area contributed by atoms with Crippen molar-refractivity contribution >= 4 is 15.9 Å². The van der Waals surface area contributed by atoms with Crippen molar-refractivity contribution in [3.8, 4) is 11.5 Å². The molecule has 0 spiro atoms. The number of benzene rings is 2. The van der Waals surface area contributed by atoms with E-state index in [1.165, 1.54) is 12.1 Å². The molecule has 88 valence electrons. The molecule has 0 bridgehead atoms. The van der Waals surface area contributed by atoms with Gasteiger partial charge in [0.25, 0.3) is 0 Å². The van der Waals surface area contributed by atoms with Gasteiger partial charge in [0.2, 0.25) is 0 Å². The van der Waals surface area contributed by atoms with E-state index in [4.69, 9.17) is 4.74 Å². The summed E-state index contributed by atoms with van der Waals surface area (Å²) in [6, 6.07) is 11.3. The molecule has 0 unspecified atom stereocenters. The van der Waals surface area contributed by atoms with Crippen LogP contribution in [0.5, 0.6) is 11.5 Å². The van der Waals surface area contributed by atoms with Gasteiger partial charge in [-0.15, -0.1) is 0 Å². The van der Waals surface area contributed by atoms with E-state index in [1.54, 1.807) is 30.3 Å². The molecule has 4 heteroatoms. The van der Waals surface area contributed by atoms with Crippen molar-refractivity contribution in [2.75, 3.05) is 0 Å². The van der Waals surface area contributed by atoms with Gasteiger partial charge in [0.1, 0.15) is 23.9 Å². The molecule has 2 aromatic carbocycles. The van der Waals surface area contributed by atoms with Crippen LogP contribution in [0, 0.1) is 5.82 Å². The average molecular weight is 297 g/mol. The van der Waals surface area contributed by atoms with Gasteiger partial charge in [-0.2, -0.15) is 0 Å². The Morgan fingerprint density at radius 3 is 2.71 bits per heavy atom. The minimum atomic E-state index is -0.318. The Morgan fingerprint density at radius 2 is 2.00 bits per heavy atom. The molecule has 0 radical (unpaired) electrons. The molecule has 0 saturated carbocycles. The summed E-state index contributed by atoms with van der Waals surface area (Å²) >= 11 is 3.09. The first-order valence-electron chi connectivity index (χ1n) is 5.01. The fraction of sp³-hybridized carbons (Fsp3) is 0.0769. The minimum Gasteiger partial charge on any atom is -0.508 e. The second-order valence-corrected chi connectivity index (χ2v) is 4.39. The van der Waals surface area contributed by atoms with Gasteiger partial charge in [-0.1, -0.05) is 12.1 Å². The Morgan fingerprint density at radius 1 is 1.18 bits per heavy atom. The number of rotatable bonds is 3. The zero-order valence-electron chi connectivity index (χ0n) is 8.86. The van der Waals surface area contributed by atoms with E-state index >= 15 is 0 Å². The fourth-order valence-corrected chi connectivity index (χ4v) is 1.62. The fourth-order valence-electron chi connectivity index (χ4n) is 1.37. The predicted octanol–water partition coefficient (Wildman–Crippen LogP) is 3.87. The van der Waals surface area contributed by atoms with Crippen molar-refractivity contribution in [1.82, 2.24) is 0 Å². The Labute approximate surface area is 107 Å². The first kappa shape index (κ1) is 11.9. The third-order valence-electron chi connectivity index (χ3n) is 2.21. The second kappa shape index (κ2) is 5.19. The zero-order valence-corrected chi connectivity index (χ0v) is 10.4. The monoisotopic (exact) mass is 296 g/mol. The van der Waals surface area contributed by atoms with E-state index in [0.29, 0.717) is 10.2 Å². The lowest BCUT2D eigenvalue weighted by atomic mass is 10.2. The highest BCUT2D eigenvalue weighted by atomic mass is 79.9. The maximum atomic E-state index is 13.2. The van der Waals surface area contributed by atoms with Gasteiger partial charge in [-0.3, -0.25) is 0 Å². The topological polar surface area (TPSA) is 29.5 Å². The van der Waals surface area contributed by atoms with Crippen LogP contribution in [-0.2, 0) is 6.61 Å². The summed E-state index contributed by atoms with van der Waals surface area (Å²) < 4.78 is 19.1. The number of phenolic OH excluding ortho intramolecular Hbond substituents is 1. The molecule has 0 atom stereocenters. The average Bonchev–Trinajstić information content (AvgIpc) is 2.31. The van der Waals surface area contributed by atoms with Gasteiger partial charge in [-0.05, 0) is 45.8 Å². The lowest BCUT2D eigenvalue weighted by Crippen LogP contribution is -1.96. The van der Waals surface area contributed by atoms with Crippen molar-refractivity contribution in [3.05, 3.63) is 58.3 Å². The predicted molar refractivity (Wildman–Crippen MR) is 66.5 cm³/mol. The Bertz CT molecular complexity index is 529. The summed E-state index contributed by atoms with van der Waals surface area (Å²) in [5.74, 6) is 0.375. The number of hydrogen-bond acceptors (Lipinski definition) is 2. The molecular formula is C13H10BrFO2. The van der Waals surface area contributed by atoms with E-state index < -0.39 is 0 Å². The lowest BCUT2D eigenvalue weighted by Gasteiger charge is -2.07. The van der Waals surface area contributed by atoms with Gasteiger partial charge < -0.3 is 9.84 Å². The largest absolute Gasteiger partial charge is 0.508 e. The van der Waals surface area contributed by atoms with Gasteiger partial charge in [-0.25, -0.2) is 4.39 Å². The van der Waals surface area contributed by atoms with Crippen LogP contribution in [0.1, 0.15) is 5.56 Å².